The van der Waals surface area contributed by atoms with Crippen molar-refractivity contribution in [2.24, 2.45) is 5.10 Å². The lowest BCUT2D eigenvalue weighted by molar-refractivity contribution is 0.0951. The van der Waals surface area contributed by atoms with E-state index >= 15 is 0 Å². The first-order valence-corrected chi connectivity index (χ1v) is 5.40. The number of nitrogens with one attached hydrogen (secondary N) is 2. The van der Waals surface area contributed by atoms with E-state index in [0.29, 0.717) is 5.69 Å². The molecule has 1 heterocycles. The van der Waals surface area contributed by atoms with Gasteiger partial charge in [0, 0.05) is 6.20 Å². The molecule has 2 N–H and O–H groups in total. The summed E-state index contributed by atoms with van der Waals surface area (Å²) >= 11 is 0. The highest BCUT2D eigenvalue weighted by atomic mass is 16.5. The van der Waals surface area contributed by atoms with E-state index < -0.39 is 0 Å². The number of H-pyrrole nitrogens is 1. The lowest BCUT2D eigenvalue weighted by Crippen LogP contribution is -2.17. The molecule has 0 aliphatic carbocycles. The molecule has 0 saturated heterocycles. The normalized spacial score (nSPS) is 10.5. The Kier molecular flexibility index (Phi) is 3.76. The minimum Gasteiger partial charge on any atom is -0.497 e. The smallest absolute Gasteiger partial charge is 0.287 e. The maximum Gasteiger partial charge on any atom is 0.287 e. The van der Waals surface area contributed by atoms with E-state index in [1.54, 1.807) is 31.7 Å². The van der Waals surface area contributed by atoms with Gasteiger partial charge in [0.15, 0.2) is 0 Å². The van der Waals surface area contributed by atoms with E-state index in [4.69, 9.17) is 4.74 Å². The number of rotatable bonds is 4. The maximum atomic E-state index is 11.5. The third kappa shape index (κ3) is 2.98. The highest BCUT2D eigenvalue weighted by molar-refractivity contribution is 5.93. The number of ether oxygens (including phenoxy) is 1. The molecule has 2 rings (SSSR count). The van der Waals surface area contributed by atoms with Crippen molar-refractivity contribution in [1.82, 2.24) is 10.4 Å². The molecular weight excluding hydrogens is 230 g/mol. The fraction of sp³-hybridized carbons (Fsp3) is 0.0769. The molecule has 92 valence electrons. The summed E-state index contributed by atoms with van der Waals surface area (Å²) in [6.45, 7) is 0. The molecule has 18 heavy (non-hydrogen) atoms. The number of carbonyl (C=O) groups excluding carboxylic acids is 1. The van der Waals surface area contributed by atoms with Gasteiger partial charge in [0.1, 0.15) is 11.4 Å². The number of hydrazone groups is 1. The average Bonchev–Trinajstić information content (AvgIpc) is 2.93. The van der Waals surface area contributed by atoms with Gasteiger partial charge >= 0.3 is 0 Å². The Morgan fingerprint density at radius 3 is 2.72 bits per heavy atom. The van der Waals surface area contributed by atoms with Crippen LogP contribution in [0.4, 0.5) is 0 Å². The predicted octanol–water partition coefficient (Wildman–Crippen LogP) is 1.79. The second-order valence-corrected chi connectivity index (χ2v) is 3.56. The Balaban J connectivity index is 1.93. The van der Waals surface area contributed by atoms with Crippen LogP contribution in [-0.4, -0.2) is 24.2 Å². The summed E-state index contributed by atoms with van der Waals surface area (Å²) in [6, 6.07) is 10.8. The Labute approximate surface area is 104 Å². The number of amides is 1. The first kappa shape index (κ1) is 11.9. The molecule has 0 radical (unpaired) electrons. The zero-order chi connectivity index (χ0) is 12.8. The molecule has 1 aromatic heterocycles. The monoisotopic (exact) mass is 243 g/mol. The van der Waals surface area contributed by atoms with Gasteiger partial charge in [-0.3, -0.25) is 4.79 Å². The van der Waals surface area contributed by atoms with Gasteiger partial charge in [-0.1, -0.05) is 0 Å². The lowest BCUT2D eigenvalue weighted by Gasteiger charge is -1.99. The van der Waals surface area contributed by atoms with Crippen LogP contribution < -0.4 is 10.2 Å². The van der Waals surface area contributed by atoms with Crippen LogP contribution in [0.2, 0.25) is 0 Å². The van der Waals surface area contributed by atoms with Crippen LogP contribution in [0, 0.1) is 0 Å². The molecule has 0 fully saturated rings. The van der Waals surface area contributed by atoms with Crippen molar-refractivity contribution < 1.29 is 9.53 Å². The molecule has 1 aromatic carbocycles. The molecule has 0 saturated carbocycles. The quantitative estimate of drug-likeness (QED) is 0.635. The molecule has 0 aliphatic heterocycles. The zero-order valence-corrected chi connectivity index (χ0v) is 9.88. The van der Waals surface area contributed by atoms with Crippen LogP contribution in [0.15, 0.2) is 47.7 Å². The van der Waals surface area contributed by atoms with Crippen molar-refractivity contribution in [3.63, 3.8) is 0 Å². The van der Waals surface area contributed by atoms with Crippen LogP contribution in [-0.2, 0) is 0 Å². The van der Waals surface area contributed by atoms with Crippen LogP contribution in [0.1, 0.15) is 16.1 Å². The third-order valence-corrected chi connectivity index (χ3v) is 2.34. The molecule has 0 unspecified atom stereocenters. The minimum atomic E-state index is -0.273. The van der Waals surface area contributed by atoms with Crippen molar-refractivity contribution in [3.8, 4) is 5.75 Å². The van der Waals surface area contributed by atoms with E-state index in [1.807, 2.05) is 24.3 Å². The topological polar surface area (TPSA) is 66.5 Å². The Hall–Kier alpha value is -2.56. The lowest BCUT2D eigenvalue weighted by atomic mass is 10.2. The summed E-state index contributed by atoms with van der Waals surface area (Å²) in [5.41, 5.74) is 3.78. The SMILES string of the molecule is COc1ccc(/C=N/NC(=O)c2ccc[nH]2)cc1. The summed E-state index contributed by atoms with van der Waals surface area (Å²) in [5.74, 6) is 0.507. The van der Waals surface area contributed by atoms with Gasteiger partial charge in [-0.05, 0) is 42.0 Å². The number of nitrogens with zero attached hydrogens (tertiary/aromatic N) is 1. The number of carbonyl (C=O) groups is 1. The van der Waals surface area contributed by atoms with Gasteiger partial charge in [0.25, 0.3) is 5.91 Å². The van der Waals surface area contributed by atoms with Crippen molar-refractivity contribution >= 4 is 12.1 Å². The Morgan fingerprint density at radius 2 is 2.11 bits per heavy atom. The summed E-state index contributed by atoms with van der Waals surface area (Å²) in [6.07, 6.45) is 3.25. The average molecular weight is 243 g/mol. The molecule has 0 bridgehead atoms. The van der Waals surface area contributed by atoms with E-state index in [-0.39, 0.29) is 5.91 Å². The highest BCUT2D eigenvalue weighted by Gasteiger charge is 2.02. The first-order valence-electron chi connectivity index (χ1n) is 5.40. The number of hydrogen-bond donors (Lipinski definition) is 2. The second-order valence-electron chi connectivity index (χ2n) is 3.56. The van der Waals surface area contributed by atoms with E-state index in [1.165, 1.54) is 0 Å². The van der Waals surface area contributed by atoms with Gasteiger partial charge in [-0.25, -0.2) is 5.43 Å². The second kappa shape index (κ2) is 5.67. The van der Waals surface area contributed by atoms with Crippen molar-refractivity contribution in [3.05, 3.63) is 53.9 Å². The standard InChI is InChI=1S/C13H13N3O2/c1-18-11-6-4-10(5-7-11)9-15-16-13(17)12-3-2-8-14-12/h2-9,14H,1H3,(H,16,17)/b15-9+. The number of aromatic nitrogens is 1. The van der Waals surface area contributed by atoms with E-state index in [2.05, 4.69) is 15.5 Å². The summed E-state index contributed by atoms with van der Waals surface area (Å²) in [4.78, 5) is 14.3. The Bertz CT molecular complexity index is 530. The van der Waals surface area contributed by atoms with Crippen molar-refractivity contribution in [2.75, 3.05) is 7.11 Å². The van der Waals surface area contributed by atoms with Crippen LogP contribution in [0.3, 0.4) is 0 Å². The summed E-state index contributed by atoms with van der Waals surface area (Å²) in [7, 11) is 1.61. The maximum absolute atomic E-state index is 11.5. The molecule has 0 atom stereocenters. The number of aromatic amines is 1. The number of hydrogen-bond acceptors (Lipinski definition) is 3. The highest BCUT2D eigenvalue weighted by Crippen LogP contribution is 2.09. The van der Waals surface area contributed by atoms with Crippen molar-refractivity contribution in [2.45, 2.75) is 0 Å². The molecule has 5 nitrogen and oxygen atoms in total. The fourth-order valence-corrected chi connectivity index (χ4v) is 1.39. The van der Waals surface area contributed by atoms with Crippen molar-refractivity contribution in [1.29, 1.82) is 0 Å². The Morgan fingerprint density at radius 1 is 1.33 bits per heavy atom. The summed E-state index contributed by atoms with van der Waals surface area (Å²) < 4.78 is 5.04. The molecule has 1 amide bonds. The first-order chi connectivity index (χ1) is 8.79. The molecule has 0 spiro atoms. The van der Waals surface area contributed by atoms with Crippen LogP contribution in [0.5, 0.6) is 5.75 Å². The predicted molar refractivity (Wildman–Crippen MR) is 68.8 cm³/mol. The molecule has 0 aliphatic rings. The van der Waals surface area contributed by atoms with Crippen LogP contribution >= 0.6 is 0 Å². The summed E-state index contributed by atoms with van der Waals surface area (Å²) in [5, 5.41) is 3.87. The fourth-order valence-electron chi connectivity index (χ4n) is 1.39. The number of methoxy groups -OCH3 is 1. The van der Waals surface area contributed by atoms with Gasteiger partial charge in [-0.15, -0.1) is 0 Å². The van der Waals surface area contributed by atoms with Gasteiger partial charge in [0.2, 0.25) is 0 Å². The minimum absolute atomic E-state index is 0.273. The largest absolute Gasteiger partial charge is 0.497 e. The van der Waals surface area contributed by atoms with Gasteiger partial charge in [0.05, 0.1) is 13.3 Å². The van der Waals surface area contributed by atoms with Gasteiger partial charge in [-0.2, -0.15) is 5.10 Å². The molecular formula is C13H13N3O2. The van der Waals surface area contributed by atoms with Crippen LogP contribution in [0.25, 0.3) is 0 Å². The molecule has 2 aromatic rings. The third-order valence-electron chi connectivity index (χ3n) is 2.34. The molecule has 5 heteroatoms. The number of benzene rings is 1. The van der Waals surface area contributed by atoms with E-state index in [0.717, 1.165) is 11.3 Å². The zero-order valence-electron chi connectivity index (χ0n) is 9.88. The van der Waals surface area contributed by atoms with E-state index in [9.17, 15) is 4.79 Å². The van der Waals surface area contributed by atoms with Gasteiger partial charge < -0.3 is 9.72 Å².